The van der Waals surface area contributed by atoms with Gasteiger partial charge in [0.2, 0.25) is 11.9 Å². The van der Waals surface area contributed by atoms with Crippen molar-refractivity contribution in [2.24, 2.45) is 4.99 Å². The van der Waals surface area contributed by atoms with E-state index in [9.17, 15) is 19.2 Å². The molecule has 1 aliphatic heterocycles. The van der Waals surface area contributed by atoms with Gasteiger partial charge in [0.1, 0.15) is 17.8 Å². The summed E-state index contributed by atoms with van der Waals surface area (Å²) in [5.41, 5.74) is 5.63. The second kappa shape index (κ2) is 18.4. The van der Waals surface area contributed by atoms with Gasteiger partial charge in [-0.2, -0.15) is 0 Å². The van der Waals surface area contributed by atoms with Crippen molar-refractivity contribution in [3.05, 3.63) is 100 Å². The number of ether oxygens (including phenoxy) is 3. The van der Waals surface area contributed by atoms with Crippen molar-refractivity contribution in [1.82, 2.24) is 25.4 Å². The number of nitrogens with zero attached hydrogens (tertiary/aromatic N) is 4. The molecule has 3 N–H and O–H groups in total. The van der Waals surface area contributed by atoms with Crippen LogP contribution in [0.4, 0.5) is 25.2 Å². The van der Waals surface area contributed by atoms with Gasteiger partial charge in [0, 0.05) is 50.4 Å². The Bertz CT molecular complexity index is 2100. The van der Waals surface area contributed by atoms with Gasteiger partial charge in [-0.25, -0.2) is 24.4 Å². The minimum atomic E-state index is -0.779. The minimum absolute atomic E-state index is 0.00993. The number of amides is 4. The molecule has 1 aliphatic carbocycles. The minimum Gasteiger partial charge on any atom is -0.448 e. The standard InChI is InChI=1S/C44H53N7O7S/c1-28(52)45-39-47-36(21-18-29-16-19-30(20-17-29)46-38(48-40(53)57-43(2,3)4)49-41(54)58-44(5,6)7)37(59-39)26-50-22-24-51(25-23-50)42(55)56-27-35-33-14-10-8-12-31(33)32-13-9-11-15-34(32)35/h8-17,19-20,35H,18,21-27H2,1-7H3,(H,45,47,52)(H2,46,48,49,53,54). The normalized spacial score (nSPS) is 14.1. The van der Waals surface area contributed by atoms with Crippen LogP contribution in [0, 0.1) is 0 Å². The second-order valence-corrected chi connectivity index (χ2v) is 17.6. The summed E-state index contributed by atoms with van der Waals surface area (Å²) in [5, 5.41) is 8.38. The number of rotatable bonds is 9. The lowest BCUT2D eigenvalue weighted by atomic mass is 9.98. The molecule has 0 spiro atoms. The summed E-state index contributed by atoms with van der Waals surface area (Å²) in [6.45, 7) is 15.2. The number of aliphatic imine (C=N–C) groups is 1. The Hall–Kier alpha value is -5.80. The number of aryl methyl sites for hydroxylation is 2. The predicted molar refractivity (Wildman–Crippen MR) is 228 cm³/mol. The van der Waals surface area contributed by atoms with Crippen LogP contribution < -0.4 is 16.0 Å². The molecule has 0 atom stereocenters. The summed E-state index contributed by atoms with van der Waals surface area (Å²) in [7, 11) is 0. The molecule has 4 amide bonds. The summed E-state index contributed by atoms with van der Waals surface area (Å²) in [4.78, 5) is 64.6. The SMILES string of the molecule is CC(=O)Nc1nc(CCc2ccc(N=C(NC(=O)OC(C)(C)C)NC(=O)OC(C)(C)C)cc2)c(CN2CCN(C(=O)OCC3c4ccccc4-c4ccccc43)CC2)s1. The number of carbonyl (C=O) groups excluding carboxylic acids is 4. The first-order valence-electron chi connectivity index (χ1n) is 19.8. The molecule has 2 aliphatic rings. The van der Waals surface area contributed by atoms with E-state index in [4.69, 9.17) is 19.2 Å². The lowest BCUT2D eigenvalue weighted by molar-refractivity contribution is -0.114. The summed E-state index contributed by atoms with van der Waals surface area (Å²) in [6, 6.07) is 24.0. The number of carbonyl (C=O) groups is 4. The summed E-state index contributed by atoms with van der Waals surface area (Å²) >= 11 is 1.46. The van der Waals surface area contributed by atoms with Crippen molar-refractivity contribution in [3.63, 3.8) is 0 Å². The number of piperazine rings is 1. The maximum Gasteiger partial charge on any atom is 0.414 e. The third-order valence-electron chi connectivity index (χ3n) is 9.46. The molecule has 14 nitrogen and oxygen atoms in total. The van der Waals surface area contributed by atoms with Gasteiger partial charge in [-0.3, -0.25) is 20.3 Å². The first-order valence-corrected chi connectivity index (χ1v) is 20.6. The highest BCUT2D eigenvalue weighted by atomic mass is 32.1. The number of fused-ring (bicyclic) bond motifs is 3. The molecule has 15 heteroatoms. The Morgan fingerprint density at radius 3 is 1.88 bits per heavy atom. The quantitative estimate of drug-likeness (QED) is 0.0863. The molecule has 3 aromatic carbocycles. The van der Waals surface area contributed by atoms with Gasteiger partial charge in [0.05, 0.1) is 11.4 Å². The van der Waals surface area contributed by atoms with Gasteiger partial charge in [-0.05, 0) is 94.3 Å². The lowest BCUT2D eigenvalue weighted by Gasteiger charge is -2.34. The largest absolute Gasteiger partial charge is 0.448 e. The topological polar surface area (TPSA) is 164 Å². The van der Waals surface area contributed by atoms with Crippen molar-refractivity contribution >= 4 is 52.3 Å². The van der Waals surface area contributed by atoms with Crippen LogP contribution in [0.25, 0.3) is 11.1 Å². The third-order valence-corrected chi connectivity index (χ3v) is 10.5. The summed E-state index contributed by atoms with van der Waals surface area (Å²) < 4.78 is 16.6. The van der Waals surface area contributed by atoms with Crippen LogP contribution in [0.1, 0.15) is 81.6 Å². The summed E-state index contributed by atoms with van der Waals surface area (Å²) in [5.74, 6) is -0.319. The third kappa shape index (κ3) is 12.1. The van der Waals surface area contributed by atoms with E-state index < -0.39 is 23.4 Å². The van der Waals surface area contributed by atoms with Crippen molar-refractivity contribution in [2.75, 3.05) is 38.1 Å². The zero-order valence-corrected chi connectivity index (χ0v) is 35.5. The van der Waals surface area contributed by atoms with E-state index in [1.807, 2.05) is 36.4 Å². The highest BCUT2D eigenvalue weighted by Crippen LogP contribution is 2.44. The Labute approximate surface area is 349 Å². The number of hydrogen-bond acceptors (Lipinski definition) is 11. The number of alkyl carbamates (subject to hydrolysis) is 2. The maximum absolute atomic E-state index is 13.3. The van der Waals surface area contributed by atoms with Crippen LogP contribution in [0.2, 0.25) is 0 Å². The molecule has 1 aromatic heterocycles. The molecule has 59 heavy (non-hydrogen) atoms. The number of guanidine groups is 1. The zero-order valence-electron chi connectivity index (χ0n) is 34.7. The Kier molecular flexibility index (Phi) is 13.4. The van der Waals surface area contributed by atoms with Crippen LogP contribution in [-0.4, -0.2) is 88.9 Å². The Morgan fingerprint density at radius 2 is 1.34 bits per heavy atom. The van der Waals surface area contributed by atoms with Gasteiger partial charge >= 0.3 is 18.3 Å². The number of aromatic nitrogens is 1. The number of hydrogen-bond donors (Lipinski definition) is 3. The van der Waals surface area contributed by atoms with Gasteiger partial charge in [0.25, 0.3) is 0 Å². The monoisotopic (exact) mass is 823 g/mol. The van der Waals surface area contributed by atoms with Crippen molar-refractivity contribution < 1.29 is 33.4 Å². The zero-order chi connectivity index (χ0) is 42.3. The van der Waals surface area contributed by atoms with Gasteiger partial charge in [-0.15, -0.1) is 11.3 Å². The highest BCUT2D eigenvalue weighted by Gasteiger charge is 2.31. The Morgan fingerprint density at radius 1 is 0.780 bits per heavy atom. The van der Waals surface area contributed by atoms with Crippen molar-refractivity contribution in [1.29, 1.82) is 0 Å². The van der Waals surface area contributed by atoms with Crippen LogP contribution in [0.3, 0.4) is 0 Å². The van der Waals surface area contributed by atoms with E-state index in [1.54, 1.807) is 58.6 Å². The number of thiazole rings is 1. The molecule has 6 rings (SSSR count). The van der Waals surface area contributed by atoms with Gasteiger partial charge in [-0.1, -0.05) is 60.7 Å². The first-order chi connectivity index (χ1) is 28.0. The van der Waals surface area contributed by atoms with Crippen LogP contribution in [0.5, 0.6) is 0 Å². The van der Waals surface area contributed by atoms with E-state index in [1.165, 1.54) is 40.5 Å². The van der Waals surface area contributed by atoms with E-state index in [0.717, 1.165) is 16.1 Å². The molecule has 0 unspecified atom stereocenters. The molecule has 2 heterocycles. The smallest absolute Gasteiger partial charge is 0.414 e. The number of benzene rings is 3. The molecular weight excluding hydrogens is 771 g/mol. The average molecular weight is 824 g/mol. The lowest BCUT2D eigenvalue weighted by Crippen LogP contribution is -2.48. The number of nitrogens with one attached hydrogen (secondary N) is 3. The molecule has 0 saturated carbocycles. The summed E-state index contributed by atoms with van der Waals surface area (Å²) in [6.07, 6.45) is -0.573. The number of anilines is 1. The molecule has 1 fully saturated rings. The molecular formula is C44H53N7O7S. The fraction of sp³-hybridized carbons (Fsp3) is 0.409. The van der Waals surface area contributed by atoms with Crippen LogP contribution in [0.15, 0.2) is 77.8 Å². The van der Waals surface area contributed by atoms with E-state index in [-0.39, 0.29) is 30.5 Å². The van der Waals surface area contributed by atoms with Crippen molar-refractivity contribution in [3.8, 4) is 11.1 Å². The van der Waals surface area contributed by atoms with E-state index >= 15 is 0 Å². The van der Waals surface area contributed by atoms with Gasteiger partial charge < -0.3 is 24.4 Å². The Balaban J connectivity index is 1.05. The fourth-order valence-corrected chi connectivity index (χ4v) is 8.00. The van der Waals surface area contributed by atoms with E-state index in [0.29, 0.717) is 56.4 Å². The van der Waals surface area contributed by atoms with Crippen LogP contribution in [-0.2, 0) is 38.4 Å². The molecule has 4 aromatic rings. The van der Waals surface area contributed by atoms with Crippen molar-refractivity contribution in [2.45, 2.75) is 85.0 Å². The molecule has 1 saturated heterocycles. The molecule has 312 valence electrons. The highest BCUT2D eigenvalue weighted by molar-refractivity contribution is 7.15. The fourth-order valence-electron chi connectivity index (χ4n) is 6.90. The van der Waals surface area contributed by atoms with Gasteiger partial charge in [0.15, 0.2) is 5.13 Å². The predicted octanol–water partition coefficient (Wildman–Crippen LogP) is 7.99. The second-order valence-electron chi connectivity index (χ2n) is 16.5. The van der Waals surface area contributed by atoms with E-state index in [2.05, 4.69) is 50.1 Å². The van der Waals surface area contributed by atoms with Crippen LogP contribution >= 0.6 is 11.3 Å². The molecule has 0 bridgehead atoms. The maximum atomic E-state index is 13.3. The molecule has 0 radical (unpaired) electrons. The first kappa shape index (κ1) is 42.8. The average Bonchev–Trinajstić information content (AvgIpc) is 3.68.